The molecule has 0 radical (unpaired) electrons. The van der Waals surface area contributed by atoms with Crippen LogP contribution < -0.4 is 11.1 Å². The number of benzene rings is 1. The van der Waals surface area contributed by atoms with Crippen LogP contribution in [0.4, 0.5) is 19.3 Å². The molecule has 1 aromatic carbocycles. The van der Waals surface area contributed by atoms with Gasteiger partial charge in [0.1, 0.15) is 29.0 Å². The number of nitrogens with one attached hydrogen (secondary N) is 1. The minimum absolute atomic E-state index is 0.0209. The number of hydrogen-bond donors (Lipinski definition) is 4. The second-order valence-corrected chi connectivity index (χ2v) is 6.13. The van der Waals surface area contributed by atoms with Gasteiger partial charge in [0.05, 0.1) is 6.10 Å². The first-order chi connectivity index (χ1) is 10.5. The van der Waals surface area contributed by atoms with Gasteiger partial charge in [-0.05, 0) is 44.9 Å². The highest BCUT2D eigenvalue weighted by Crippen LogP contribution is 2.24. The van der Waals surface area contributed by atoms with Gasteiger partial charge in [0, 0.05) is 6.54 Å². The molecule has 1 aromatic rings. The normalized spacial score (nSPS) is 14.2. The third-order valence-corrected chi connectivity index (χ3v) is 2.92. The average Bonchev–Trinajstić information content (AvgIpc) is 2.41. The minimum Gasteiger partial charge on any atom is -0.444 e. The van der Waals surface area contributed by atoms with Crippen molar-refractivity contribution in [1.82, 2.24) is 5.32 Å². The van der Waals surface area contributed by atoms with Gasteiger partial charge in [-0.1, -0.05) is 0 Å². The fourth-order valence-electron chi connectivity index (χ4n) is 1.79. The second-order valence-electron chi connectivity index (χ2n) is 6.13. The quantitative estimate of drug-likeness (QED) is 0.616. The molecule has 1 amide bonds. The molecule has 0 aliphatic rings. The Kier molecular flexibility index (Phi) is 6.28. The van der Waals surface area contributed by atoms with Crippen molar-refractivity contribution < 1.29 is 28.5 Å². The molecule has 8 heteroatoms. The van der Waals surface area contributed by atoms with Crippen molar-refractivity contribution in [3.8, 4) is 0 Å². The van der Waals surface area contributed by atoms with Gasteiger partial charge in [-0.2, -0.15) is 0 Å². The molecule has 0 heterocycles. The van der Waals surface area contributed by atoms with E-state index in [9.17, 15) is 23.8 Å². The van der Waals surface area contributed by atoms with Gasteiger partial charge >= 0.3 is 6.09 Å². The molecule has 5 N–H and O–H groups in total. The molecule has 23 heavy (non-hydrogen) atoms. The van der Waals surface area contributed by atoms with Gasteiger partial charge in [-0.3, -0.25) is 0 Å². The van der Waals surface area contributed by atoms with Crippen molar-refractivity contribution in [1.29, 1.82) is 0 Å². The third kappa shape index (κ3) is 5.99. The van der Waals surface area contributed by atoms with E-state index in [1.165, 1.54) is 0 Å². The molecule has 0 aromatic heterocycles. The lowest BCUT2D eigenvalue weighted by Crippen LogP contribution is -2.34. The fraction of sp³-hybridized carbons (Fsp3) is 0.533. The number of carbonyl (C=O) groups excluding carboxylic acids is 1. The summed E-state index contributed by atoms with van der Waals surface area (Å²) in [5, 5.41) is 22.2. The highest BCUT2D eigenvalue weighted by Gasteiger charge is 2.22. The topological polar surface area (TPSA) is 105 Å². The maximum absolute atomic E-state index is 13.3. The van der Waals surface area contributed by atoms with E-state index in [4.69, 9.17) is 10.5 Å². The van der Waals surface area contributed by atoms with Crippen LogP contribution in [0.25, 0.3) is 0 Å². The number of alkyl carbamates (subject to hydrolysis) is 1. The molecule has 0 fully saturated rings. The smallest absolute Gasteiger partial charge is 0.407 e. The molecular formula is C15H22F2N2O4. The van der Waals surface area contributed by atoms with Crippen LogP contribution in [0.1, 0.15) is 38.9 Å². The zero-order valence-electron chi connectivity index (χ0n) is 13.3. The Morgan fingerprint density at radius 1 is 1.30 bits per heavy atom. The molecule has 0 saturated heterocycles. The SMILES string of the molecule is CC(C)(C)OC(=O)NCCC(O)C(O)c1cc(F)c(N)c(F)c1. The summed E-state index contributed by atoms with van der Waals surface area (Å²) < 4.78 is 31.7. The zero-order chi connectivity index (χ0) is 17.8. The van der Waals surface area contributed by atoms with E-state index in [2.05, 4.69) is 5.32 Å². The number of nitrogen functional groups attached to an aromatic ring is 1. The molecule has 2 atom stereocenters. The number of rotatable bonds is 5. The van der Waals surface area contributed by atoms with E-state index in [1.807, 2.05) is 0 Å². The van der Waals surface area contributed by atoms with Crippen LogP contribution in [-0.4, -0.2) is 34.6 Å². The van der Waals surface area contributed by atoms with Crippen molar-refractivity contribution >= 4 is 11.8 Å². The van der Waals surface area contributed by atoms with E-state index in [1.54, 1.807) is 20.8 Å². The Morgan fingerprint density at radius 3 is 2.30 bits per heavy atom. The lowest BCUT2D eigenvalue weighted by molar-refractivity contribution is 0.0120. The lowest BCUT2D eigenvalue weighted by Gasteiger charge is -2.21. The Labute approximate surface area is 133 Å². The first kappa shape index (κ1) is 19.1. The maximum atomic E-state index is 13.3. The van der Waals surface area contributed by atoms with Crippen molar-refractivity contribution in [3.05, 3.63) is 29.3 Å². The Bertz CT molecular complexity index is 538. The van der Waals surface area contributed by atoms with Crippen LogP contribution >= 0.6 is 0 Å². The summed E-state index contributed by atoms with van der Waals surface area (Å²) in [5.41, 5.74) is 3.69. The van der Waals surface area contributed by atoms with Crippen molar-refractivity contribution in [2.45, 2.75) is 45.0 Å². The monoisotopic (exact) mass is 332 g/mol. The summed E-state index contributed by atoms with van der Waals surface area (Å²) in [6.45, 7) is 5.13. The van der Waals surface area contributed by atoms with Gasteiger partial charge in [0.15, 0.2) is 0 Å². The summed E-state index contributed by atoms with van der Waals surface area (Å²) >= 11 is 0. The van der Waals surface area contributed by atoms with Crippen LogP contribution in [0.3, 0.4) is 0 Å². The van der Waals surface area contributed by atoms with Gasteiger partial charge in [0.25, 0.3) is 0 Å². The number of anilines is 1. The third-order valence-electron chi connectivity index (χ3n) is 2.92. The van der Waals surface area contributed by atoms with Crippen molar-refractivity contribution in [2.24, 2.45) is 0 Å². The summed E-state index contributed by atoms with van der Waals surface area (Å²) in [5.74, 6) is -2.03. The predicted octanol–water partition coefficient (Wildman–Crippen LogP) is 1.86. The van der Waals surface area contributed by atoms with Gasteiger partial charge in [-0.15, -0.1) is 0 Å². The molecule has 0 spiro atoms. The molecule has 0 aliphatic carbocycles. The molecular weight excluding hydrogens is 310 g/mol. The molecule has 0 aliphatic heterocycles. The molecule has 0 saturated carbocycles. The van der Waals surface area contributed by atoms with Crippen molar-refractivity contribution in [3.63, 3.8) is 0 Å². The van der Waals surface area contributed by atoms with E-state index >= 15 is 0 Å². The summed E-state index contributed by atoms with van der Waals surface area (Å²) in [6, 6.07) is 1.71. The van der Waals surface area contributed by atoms with Crippen LogP contribution in [0.5, 0.6) is 0 Å². The van der Waals surface area contributed by atoms with Crippen LogP contribution in [-0.2, 0) is 4.74 Å². The zero-order valence-corrected chi connectivity index (χ0v) is 13.3. The Morgan fingerprint density at radius 2 is 1.83 bits per heavy atom. The van der Waals surface area contributed by atoms with Crippen LogP contribution in [0.2, 0.25) is 0 Å². The van der Waals surface area contributed by atoms with Crippen LogP contribution in [0, 0.1) is 11.6 Å². The van der Waals surface area contributed by atoms with E-state index in [0.717, 1.165) is 12.1 Å². The number of ether oxygens (including phenoxy) is 1. The average molecular weight is 332 g/mol. The second kappa shape index (κ2) is 7.56. The van der Waals surface area contributed by atoms with Crippen molar-refractivity contribution in [2.75, 3.05) is 12.3 Å². The molecule has 130 valence electrons. The molecule has 1 rings (SSSR count). The number of carbonyl (C=O) groups is 1. The van der Waals surface area contributed by atoms with Gasteiger partial charge in [-0.25, -0.2) is 13.6 Å². The van der Waals surface area contributed by atoms with Gasteiger partial charge < -0.3 is 26.0 Å². The summed E-state index contributed by atoms with van der Waals surface area (Å²) in [4.78, 5) is 11.4. The standard InChI is InChI=1S/C15H22F2N2O4/c1-15(2,3)23-14(22)19-5-4-11(20)13(21)8-6-9(16)12(18)10(17)7-8/h6-7,11,13,20-21H,4-5,18H2,1-3H3,(H,19,22). The first-order valence-corrected chi connectivity index (χ1v) is 7.08. The fourth-order valence-corrected chi connectivity index (χ4v) is 1.79. The molecule has 6 nitrogen and oxygen atoms in total. The number of aliphatic hydroxyl groups excluding tert-OH is 2. The van der Waals surface area contributed by atoms with E-state index in [-0.39, 0.29) is 18.5 Å². The number of nitrogens with two attached hydrogens (primary N) is 1. The number of halogens is 2. The Hall–Kier alpha value is -1.93. The van der Waals surface area contributed by atoms with Gasteiger partial charge in [0.2, 0.25) is 0 Å². The van der Waals surface area contributed by atoms with Crippen LogP contribution in [0.15, 0.2) is 12.1 Å². The highest BCUT2D eigenvalue weighted by atomic mass is 19.1. The number of amides is 1. The largest absolute Gasteiger partial charge is 0.444 e. The Balaban J connectivity index is 2.55. The first-order valence-electron chi connectivity index (χ1n) is 7.08. The molecule has 0 bridgehead atoms. The van der Waals surface area contributed by atoms with E-state index < -0.39 is 41.2 Å². The predicted molar refractivity (Wildman–Crippen MR) is 80.6 cm³/mol. The summed E-state index contributed by atoms with van der Waals surface area (Å²) in [6.07, 6.45) is -3.54. The maximum Gasteiger partial charge on any atom is 0.407 e. The molecule has 2 unspecified atom stereocenters. The minimum atomic E-state index is -1.51. The lowest BCUT2D eigenvalue weighted by atomic mass is 10.0. The van der Waals surface area contributed by atoms with E-state index in [0.29, 0.717) is 0 Å². The number of hydrogen-bond acceptors (Lipinski definition) is 5. The summed E-state index contributed by atoms with van der Waals surface area (Å²) in [7, 11) is 0. The number of aliphatic hydroxyl groups is 2. The highest BCUT2D eigenvalue weighted by molar-refractivity contribution is 5.67.